The molecule has 0 amide bonds. The standard InChI is InChI=1S/C30H49NO3/c1-7-9-19-31(20-10-8-2)22-26-24(16-21-34-26)13-14-25-23(3)12-15-27-29(25,4)17-11-18-30(27,5)28(32)33-6/h16,21,25,27H,3,7-15,17-20,22H2,1-2,4-6H3/t25-,27+,29+,30-/m0/s1. The van der Waals surface area contributed by atoms with E-state index in [-0.39, 0.29) is 16.8 Å². The number of allylic oxidation sites excluding steroid dienone is 1. The van der Waals surface area contributed by atoms with Gasteiger partial charge in [0.25, 0.3) is 0 Å². The van der Waals surface area contributed by atoms with Crippen LogP contribution in [0.5, 0.6) is 0 Å². The van der Waals surface area contributed by atoms with E-state index in [1.165, 1.54) is 43.2 Å². The summed E-state index contributed by atoms with van der Waals surface area (Å²) in [5.74, 6) is 1.91. The number of carbonyl (C=O) groups is 1. The van der Waals surface area contributed by atoms with E-state index in [9.17, 15) is 4.79 Å². The number of hydrogen-bond acceptors (Lipinski definition) is 4. The van der Waals surface area contributed by atoms with Crippen LogP contribution < -0.4 is 0 Å². The van der Waals surface area contributed by atoms with Crippen molar-refractivity contribution >= 4 is 5.97 Å². The van der Waals surface area contributed by atoms with Gasteiger partial charge in [0.2, 0.25) is 0 Å². The van der Waals surface area contributed by atoms with Crippen LogP contribution in [-0.4, -0.2) is 31.1 Å². The Morgan fingerprint density at radius 1 is 1.21 bits per heavy atom. The smallest absolute Gasteiger partial charge is 0.311 e. The van der Waals surface area contributed by atoms with E-state index in [1.54, 1.807) is 7.11 Å². The van der Waals surface area contributed by atoms with Gasteiger partial charge in [-0.15, -0.1) is 0 Å². The van der Waals surface area contributed by atoms with Crippen molar-refractivity contribution in [2.24, 2.45) is 22.7 Å². The van der Waals surface area contributed by atoms with Gasteiger partial charge in [0.15, 0.2) is 0 Å². The van der Waals surface area contributed by atoms with E-state index in [0.717, 1.165) is 63.9 Å². The zero-order valence-corrected chi connectivity index (χ0v) is 22.6. The van der Waals surface area contributed by atoms with Gasteiger partial charge in [-0.25, -0.2) is 0 Å². The summed E-state index contributed by atoms with van der Waals surface area (Å²) in [5, 5.41) is 0. The van der Waals surface area contributed by atoms with Gasteiger partial charge in [0.05, 0.1) is 25.3 Å². The fourth-order valence-corrected chi connectivity index (χ4v) is 7.22. The Hall–Kier alpha value is -1.55. The number of esters is 1. The number of furan rings is 1. The summed E-state index contributed by atoms with van der Waals surface area (Å²) in [4.78, 5) is 15.4. The molecule has 0 aromatic carbocycles. The van der Waals surface area contributed by atoms with Crippen LogP contribution in [0, 0.1) is 22.7 Å². The minimum Gasteiger partial charge on any atom is -0.469 e. The maximum absolute atomic E-state index is 12.9. The number of hydrogen-bond donors (Lipinski definition) is 0. The highest BCUT2D eigenvalue weighted by molar-refractivity contribution is 5.77. The van der Waals surface area contributed by atoms with E-state index in [1.807, 2.05) is 6.26 Å². The second-order valence-corrected chi connectivity index (χ2v) is 11.5. The minimum absolute atomic E-state index is 0.0222. The number of carbonyl (C=O) groups excluding carboxylic acids is 1. The molecule has 4 nitrogen and oxygen atoms in total. The lowest BCUT2D eigenvalue weighted by Gasteiger charge is -2.57. The monoisotopic (exact) mass is 471 g/mol. The third-order valence-corrected chi connectivity index (χ3v) is 9.23. The fourth-order valence-electron chi connectivity index (χ4n) is 7.22. The van der Waals surface area contributed by atoms with E-state index in [4.69, 9.17) is 9.15 Å². The van der Waals surface area contributed by atoms with E-state index < -0.39 is 0 Å². The summed E-state index contributed by atoms with van der Waals surface area (Å²) < 4.78 is 11.3. The average Bonchev–Trinajstić information content (AvgIpc) is 3.26. The van der Waals surface area contributed by atoms with Crippen molar-refractivity contribution in [2.75, 3.05) is 20.2 Å². The summed E-state index contributed by atoms with van der Waals surface area (Å²) in [5.41, 5.74) is 2.46. The molecule has 1 heterocycles. The van der Waals surface area contributed by atoms with E-state index in [0.29, 0.717) is 11.8 Å². The Kier molecular flexibility index (Phi) is 9.49. The lowest BCUT2D eigenvalue weighted by atomic mass is 9.46. The minimum atomic E-state index is -0.374. The predicted molar refractivity (Wildman–Crippen MR) is 140 cm³/mol. The predicted octanol–water partition coefficient (Wildman–Crippen LogP) is 7.57. The molecule has 1 aromatic rings. The molecule has 0 aliphatic heterocycles. The first-order valence-electron chi connectivity index (χ1n) is 13.8. The molecule has 4 atom stereocenters. The molecule has 2 aliphatic rings. The van der Waals surface area contributed by atoms with E-state index >= 15 is 0 Å². The van der Waals surface area contributed by atoms with Crippen molar-refractivity contribution in [3.8, 4) is 0 Å². The maximum atomic E-state index is 12.9. The van der Waals surface area contributed by atoms with Gasteiger partial charge in [0.1, 0.15) is 5.76 Å². The molecule has 0 radical (unpaired) electrons. The molecule has 2 aliphatic carbocycles. The first-order valence-corrected chi connectivity index (χ1v) is 13.8. The Morgan fingerprint density at radius 3 is 2.56 bits per heavy atom. The Morgan fingerprint density at radius 2 is 1.91 bits per heavy atom. The number of aryl methyl sites for hydroxylation is 1. The number of methoxy groups -OCH3 is 1. The number of ether oxygens (including phenoxy) is 1. The number of nitrogens with zero attached hydrogens (tertiary/aromatic N) is 1. The van der Waals surface area contributed by atoms with Crippen molar-refractivity contribution in [1.29, 1.82) is 0 Å². The summed E-state index contributed by atoms with van der Waals surface area (Å²) in [6, 6.07) is 2.18. The summed E-state index contributed by atoms with van der Waals surface area (Å²) in [7, 11) is 1.55. The lowest BCUT2D eigenvalue weighted by molar-refractivity contribution is -0.168. The largest absolute Gasteiger partial charge is 0.469 e. The van der Waals surface area contributed by atoms with E-state index in [2.05, 4.69) is 45.2 Å². The van der Waals surface area contributed by atoms with Crippen molar-refractivity contribution in [2.45, 2.75) is 105 Å². The molecular formula is C30H49NO3. The second-order valence-electron chi connectivity index (χ2n) is 11.5. The fraction of sp³-hybridized carbons (Fsp3) is 0.767. The summed E-state index contributed by atoms with van der Waals surface area (Å²) >= 11 is 0. The van der Waals surface area contributed by atoms with Gasteiger partial charge >= 0.3 is 5.97 Å². The lowest BCUT2D eigenvalue weighted by Crippen LogP contribution is -2.53. The molecule has 1 aromatic heterocycles. The molecule has 34 heavy (non-hydrogen) atoms. The Labute approximate surface area is 208 Å². The van der Waals surface area contributed by atoms with Gasteiger partial charge in [0, 0.05) is 0 Å². The van der Waals surface area contributed by atoms with Crippen molar-refractivity contribution < 1.29 is 13.9 Å². The molecule has 4 heteroatoms. The van der Waals surface area contributed by atoms with Crippen LogP contribution >= 0.6 is 0 Å². The highest BCUT2D eigenvalue weighted by Crippen LogP contribution is 2.62. The van der Waals surface area contributed by atoms with Crippen LogP contribution in [0.2, 0.25) is 0 Å². The number of rotatable bonds is 12. The van der Waals surface area contributed by atoms with Crippen LogP contribution in [0.25, 0.3) is 0 Å². The van der Waals surface area contributed by atoms with Gasteiger partial charge in [-0.05, 0) is 100 Å². The molecule has 0 unspecified atom stereocenters. The molecule has 0 spiro atoms. The maximum Gasteiger partial charge on any atom is 0.311 e. The number of unbranched alkanes of at least 4 members (excludes halogenated alkanes) is 2. The van der Waals surface area contributed by atoms with Gasteiger partial charge in [-0.1, -0.05) is 52.2 Å². The SMILES string of the molecule is C=C1CC[C@@H]2[C@](C)(CCC[C@]2(C)C(=O)OC)[C@H]1CCc1ccoc1CN(CCCC)CCCC. The topological polar surface area (TPSA) is 42.7 Å². The first-order chi connectivity index (χ1) is 16.3. The quantitative estimate of drug-likeness (QED) is 0.233. The highest BCUT2D eigenvalue weighted by atomic mass is 16.5. The zero-order valence-electron chi connectivity index (χ0n) is 22.6. The molecule has 0 bridgehead atoms. The highest BCUT2D eigenvalue weighted by Gasteiger charge is 2.57. The molecule has 3 rings (SSSR count). The normalized spacial score (nSPS) is 29.3. The summed E-state index contributed by atoms with van der Waals surface area (Å²) in [6.07, 6.45) is 14.2. The number of fused-ring (bicyclic) bond motifs is 1. The van der Waals surface area contributed by atoms with Crippen molar-refractivity contribution in [1.82, 2.24) is 4.90 Å². The van der Waals surface area contributed by atoms with Gasteiger partial charge < -0.3 is 9.15 Å². The van der Waals surface area contributed by atoms with Gasteiger partial charge in [-0.2, -0.15) is 0 Å². The first kappa shape index (κ1) is 27.0. The van der Waals surface area contributed by atoms with Gasteiger partial charge in [-0.3, -0.25) is 9.69 Å². The molecule has 2 saturated carbocycles. The van der Waals surface area contributed by atoms with Crippen LogP contribution in [0.15, 0.2) is 28.9 Å². The van der Waals surface area contributed by atoms with Crippen LogP contribution in [0.1, 0.15) is 103 Å². The molecule has 0 N–H and O–H groups in total. The third-order valence-electron chi connectivity index (χ3n) is 9.23. The molecule has 0 saturated heterocycles. The second kappa shape index (κ2) is 11.9. The Balaban J connectivity index is 1.73. The molecule has 2 fully saturated rings. The van der Waals surface area contributed by atoms with Crippen molar-refractivity contribution in [3.63, 3.8) is 0 Å². The molecule has 192 valence electrons. The zero-order chi connectivity index (χ0) is 24.8. The van der Waals surface area contributed by atoms with Crippen LogP contribution in [0.4, 0.5) is 0 Å². The Bertz CT molecular complexity index is 806. The van der Waals surface area contributed by atoms with Crippen LogP contribution in [-0.2, 0) is 22.5 Å². The summed E-state index contributed by atoms with van der Waals surface area (Å²) in [6.45, 7) is 16.8. The van der Waals surface area contributed by atoms with Crippen LogP contribution in [0.3, 0.4) is 0 Å². The van der Waals surface area contributed by atoms with Crippen molar-refractivity contribution in [3.05, 3.63) is 35.8 Å². The molecular weight excluding hydrogens is 422 g/mol. The third kappa shape index (κ3) is 5.64. The average molecular weight is 472 g/mol.